The first-order valence-electron chi connectivity index (χ1n) is 6.46. The quantitative estimate of drug-likeness (QED) is 0.855. The first-order valence-corrected chi connectivity index (χ1v) is 7.63. The van der Waals surface area contributed by atoms with Crippen LogP contribution >= 0.6 is 27.5 Å². The molecule has 3 rings (SSSR count). The molecule has 5 nitrogen and oxygen atoms in total. The van der Waals surface area contributed by atoms with E-state index in [9.17, 15) is 0 Å². The van der Waals surface area contributed by atoms with Gasteiger partial charge in [-0.25, -0.2) is 4.98 Å². The summed E-state index contributed by atoms with van der Waals surface area (Å²) in [6.07, 6.45) is 5.57. The average molecular weight is 346 g/mol. The Bertz CT molecular complexity index is 609. The Morgan fingerprint density at radius 3 is 2.79 bits per heavy atom. The lowest BCUT2D eigenvalue weighted by Gasteiger charge is -2.12. The number of aryl methyl sites for hydroxylation is 1. The van der Waals surface area contributed by atoms with Crippen LogP contribution < -0.4 is 4.74 Å². The highest BCUT2D eigenvalue weighted by Gasteiger charge is 2.22. The Morgan fingerprint density at radius 2 is 2.11 bits per heavy atom. The molecule has 7 heteroatoms. The molecule has 0 amide bonds. The second-order valence-corrected chi connectivity index (χ2v) is 5.74. The Hall–Kier alpha value is -0.880. The summed E-state index contributed by atoms with van der Waals surface area (Å²) < 4.78 is 8.40. The first kappa shape index (κ1) is 13.1. The van der Waals surface area contributed by atoms with Crippen LogP contribution in [0.1, 0.15) is 38.3 Å². The van der Waals surface area contributed by atoms with Crippen molar-refractivity contribution in [1.29, 1.82) is 0 Å². The standard InChI is InChI=1S/C12H14BrClN4O/c1-2-8-9(13)18-10(15-8)11(16-12(14)17-18)19-7-5-3-4-6-7/h7H,2-6H2,1H3. The van der Waals surface area contributed by atoms with E-state index in [1.807, 2.05) is 6.92 Å². The number of aromatic nitrogens is 4. The fraction of sp³-hybridized carbons (Fsp3) is 0.583. The Balaban J connectivity index is 2.06. The minimum Gasteiger partial charge on any atom is -0.472 e. The molecule has 1 saturated carbocycles. The molecule has 0 spiro atoms. The van der Waals surface area contributed by atoms with E-state index in [0.717, 1.165) is 29.6 Å². The summed E-state index contributed by atoms with van der Waals surface area (Å²) in [5, 5.41) is 4.33. The Kier molecular flexibility index (Phi) is 3.62. The van der Waals surface area contributed by atoms with E-state index in [-0.39, 0.29) is 11.4 Å². The van der Waals surface area contributed by atoms with Gasteiger partial charge in [-0.3, -0.25) is 0 Å². The summed E-state index contributed by atoms with van der Waals surface area (Å²) in [6, 6.07) is 0. The first-order chi connectivity index (χ1) is 9.19. The van der Waals surface area contributed by atoms with Crippen LogP contribution in [-0.2, 0) is 6.42 Å². The van der Waals surface area contributed by atoms with E-state index in [4.69, 9.17) is 16.3 Å². The van der Waals surface area contributed by atoms with Crippen molar-refractivity contribution in [3.63, 3.8) is 0 Å². The molecule has 0 unspecified atom stereocenters. The predicted molar refractivity (Wildman–Crippen MR) is 75.8 cm³/mol. The molecule has 0 saturated heterocycles. The highest BCUT2D eigenvalue weighted by atomic mass is 79.9. The molecule has 2 heterocycles. The second kappa shape index (κ2) is 5.25. The van der Waals surface area contributed by atoms with Crippen LogP contribution in [0.3, 0.4) is 0 Å². The zero-order chi connectivity index (χ0) is 13.4. The number of imidazole rings is 1. The fourth-order valence-electron chi connectivity index (χ4n) is 2.37. The minimum absolute atomic E-state index is 0.168. The van der Waals surface area contributed by atoms with E-state index in [1.54, 1.807) is 4.52 Å². The summed E-state index contributed by atoms with van der Waals surface area (Å²) in [7, 11) is 0. The summed E-state index contributed by atoms with van der Waals surface area (Å²) in [5.41, 5.74) is 1.55. The zero-order valence-corrected chi connectivity index (χ0v) is 12.9. The third kappa shape index (κ3) is 2.43. The highest BCUT2D eigenvalue weighted by molar-refractivity contribution is 9.10. The number of nitrogens with zero attached hydrogens (tertiary/aromatic N) is 4. The lowest BCUT2D eigenvalue weighted by Crippen LogP contribution is -2.13. The highest BCUT2D eigenvalue weighted by Crippen LogP contribution is 2.28. The van der Waals surface area contributed by atoms with Gasteiger partial charge in [-0.1, -0.05) is 6.92 Å². The van der Waals surface area contributed by atoms with Crippen molar-refractivity contribution < 1.29 is 4.74 Å². The van der Waals surface area contributed by atoms with Gasteiger partial charge in [0.15, 0.2) is 0 Å². The normalized spacial score (nSPS) is 16.4. The maximum absolute atomic E-state index is 5.96. The lowest BCUT2D eigenvalue weighted by atomic mass is 10.3. The van der Waals surface area contributed by atoms with Gasteiger partial charge in [0.2, 0.25) is 10.9 Å². The molecule has 102 valence electrons. The molecule has 0 aliphatic heterocycles. The maximum atomic E-state index is 5.96. The third-order valence-corrected chi connectivity index (χ3v) is 4.30. The molecular weight excluding hydrogens is 332 g/mol. The zero-order valence-electron chi connectivity index (χ0n) is 10.6. The van der Waals surface area contributed by atoms with Crippen LogP contribution in [0.4, 0.5) is 0 Å². The van der Waals surface area contributed by atoms with Crippen molar-refractivity contribution in [2.24, 2.45) is 0 Å². The molecule has 0 atom stereocenters. The van der Waals surface area contributed by atoms with Crippen molar-refractivity contribution in [1.82, 2.24) is 19.6 Å². The molecule has 1 fully saturated rings. The van der Waals surface area contributed by atoms with E-state index < -0.39 is 0 Å². The number of hydrogen-bond donors (Lipinski definition) is 0. The van der Waals surface area contributed by atoms with Crippen molar-refractivity contribution in [2.75, 3.05) is 0 Å². The second-order valence-electron chi connectivity index (χ2n) is 4.65. The van der Waals surface area contributed by atoms with Gasteiger partial charge >= 0.3 is 0 Å². The molecule has 2 aromatic rings. The molecule has 0 radical (unpaired) electrons. The van der Waals surface area contributed by atoms with Gasteiger partial charge in [-0.05, 0) is 59.6 Å². The third-order valence-electron chi connectivity index (χ3n) is 3.35. The molecule has 2 aromatic heterocycles. The SMILES string of the molecule is CCc1nc2c(OC3CCCC3)nc(Cl)nn2c1Br. The van der Waals surface area contributed by atoms with Crippen molar-refractivity contribution in [3.8, 4) is 5.88 Å². The van der Waals surface area contributed by atoms with Crippen LogP contribution in [0.25, 0.3) is 5.65 Å². The number of fused-ring (bicyclic) bond motifs is 1. The van der Waals surface area contributed by atoms with E-state index in [2.05, 4.69) is 31.0 Å². The van der Waals surface area contributed by atoms with Gasteiger partial charge in [0.1, 0.15) is 10.7 Å². The minimum atomic E-state index is 0.168. The molecule has 1 aliphatic carbocycles. The van der Waals surface area contributed by atoms with Gasteiger partial charge in [0, 0.05) is 0 Å². The van der Waals surface area contributed by atoms with Gasteiger partial charge in [0.25, 0.3) is 5.88 Å². The number of ether oxygens (including phenoxy) is 1. The van der Waals surface area contributed by atoms with Gasteiger partial charge in [0.05, 0.1) is 5.69 Å². The summed E-state index contributed by atoms with van der Waals surface area (Å²) in [6.45, 7) is 2.04. The van der Waals surface area contributed by atoms with Crippen molar-refractivity contribution in [3.05, 3.63) is 15.6 Å². The fourth-order valence-corrected chi connectivity index (χ4v) is 3.14. The summed E-state index contributed by atoms with van der Waals surface area (Å²) in [5.74, 6) is 0.479. The van der Waals surface area contributed by atoms with Crippen LogP contribution in [0.5, 0.6) is 5.88 Å². The summed E-state index contributed by atoms with van der Waals surface area (Å²) in [4.78, 5) is 8.70. The lowest BCUT2D eigenvalue weighted by molar-refractivity contribution is 0.202. The molecular formula is C12H14BrClN4O. The van der Waals surface area contributed by atoms with Crippen molar-refractivity contribution in [2.45, 2.75) is 45.1 Å². The molecule has 0 aromatic carbocycles. The van der Waals surface area contributed by atoms with E-state index in [0.29, 0.717) is 11.5 Å². The topological polar surface area (TPSA) is 52.3 Å². The molecule has 1 aliphatic rings. The maximum Gasteiger partial charge on any atom is 0.263 e. The Morgan fingerprint density at radius 1 is 1.37 bits per heavy atom. The van der Waals surface area contributed by atoms with Gasteiger partial charge < -0.3 is 4.74 Å². The van der Waals surface area contributed by atoms with E-state index >= 15 is 0 Å². The van der Waals surface area contributed by atoms with Crippen LogP contribution in [0.2, 0.25) is 5.28 Å². The predicted octanol–water partition coefficient (Wildman–Crippen LogP) is 3.42. The van der Waals surface area contributed by atoms with Crippen LogP contribution in [0, 0.1) is 0 Å². The van der Waals surface area contributed by atoms with Crippen molar-refractivity contribution >= 4 is 33.2 Å². The Labute approximate surface area is 124 Å². The molecule has 19 heavy (non-hydrogen) atoms. The molecule has 0 bridgehead atoms. The number of halogens is 2. The monoisotopic (exact) mass is 344 g/mol. The van der Waals surface area contributed by atoms with E-state index in [1.165, 1.54) is 12.8 Å². The van der Waals surface area contributed by atoms with Gasteiger partial charge in [-0.2, -0.15) is 9.50 Å². The van der Waals surface area contributed by atoms with Crippen LogP contribution in [-0.4, -0.2) is 25.7 Å². The van der Waals surface area contributed by atoms with Gasteiger partial charge in [-0.15, -0.1) is 5.10 Å². The number of rotatable bonds is 3. The molecule has 0 N–H and O–H groups in total. The number of hydrogen-bond acceptors (Lipinski definition) is 4. The average Bonchev–Trinajstić information content (AvgIpc) is 2.99. The smallest absolute Gasteiger partial charge is 0.263 e. The summed E-state index contributed by atoms with van der Waals surface area (Å²) >= 11 is 9.45. The largest absolute Gasteiger partial charge is 0.472 e. The van der Waals surface area contributed by atoms with Crippen LogP contribution in [0.15, 0.2) is 4.60 Å².